The molecule has 0 aliphatic heterocycles. The Bertz CT molecular complexity index is 526. The van der Waals surface area contributed by atoms with Gasteiger partial charge in [-0.05, 0) is 41.4 Å². The summed E-state index contributed by atoms with van der Waals surface area (Å²) in [6.07, 6.45) is 2.56. The quantitative estimate of drug-likeness (QED) is 0.939. The van der Waals surface area contributed by atoms with E-state index in [0.717, 1.165) is 10.9 Å². The second kappa shape index (κ2) is 5.58. The topological polar surface area (TPSA) is 77.8 Å². The van der Waals surface area contributed by atoms with Crippen molar-refractivity contribution >= 4 is 15.9 Å². The highest BCUT2D eigenvalue weighted by Crippen LogP contribution is 2.26. The van der Waals surface area contributed by atoms with E-state index in [9.17, 15) is 0 Å². The van der Waals surface area contributed by atoms with Crippen molar-refractivity contribution in [2.75, 3.05) is 0 Å². The highest BCUT2D eigenvalue weighted by atomic mass is 79.9. The fraction of sp³-hybridized carbons (Fsp3) is 0.417. The largest absolute Gasteiger partial charge is 0.339 e. The third-order valence-corrected chi connectivity index (χ3v) is 3.44. The second-order valence-electron chi connectivity index (χ2n) is 4.16. The van der Waals surface area contributed by atoms with Crippen LogP contribution in [0.15, 0.2) is 27.3 Å². The Labute approximate surface area is 114 Å². The normalized spacial score (nSPS) is 14.4. The van der Waals surface area contributed by atoms with Gasteiger partial charge in [-0.2, -0.15) is 4.98 Å². The molecule has 0 saturated heterocycles. The summed E-state index contributed by atoms with van der Waals surface area (Å²) < 4.78 is 6.13. The number of pyridine rings is 1. The van der Waals surface area contributed by atoms with Gasteiger partial charge < -0.3 is 10.3 Å². The van der Waals surface area contributed by atoms with Gasteiger partial charge in [-0.1, -0.05) is 12.1 Å². The van der Waals surface area contributed by atoms with Gasteiger partial charge in [0.25, 0.3) is 0 Å². The predicted octanol–water partition coefficient (Wildman–Crippen LogP) is 2.73. The number of halogens is 1. The van der Waals surface area contributed by atoms with Gasteiger partial charge in [-0.15, -0.1) is 0 Å². The number of rotatable bonds is 4. The molecule has 5 nitrogen and oxygen atoms in total. The zero-order valence-electron chi connectivity index (χ0n) is 10.3. The van der Waals surface area contributed by atoms with E-state index >= 15 is 0 Å². The molecule has 2 aromatic heterocycles. The number of nitrogens with zero attached hydrogens (tertiary/aromatic N) is 3. The average molecular weight is 311 g/mol. The molecular formula is C12H15BrN4O. The lowest BCUT2D eigenvalue weighted by Gasteiger charge is -2.13. The molecule has 0 aliphatic carbocycles. The van der Waals surface area contributed by atoms with E-state index in [0.29, 0.717) is 17.4 Å². The van der Waals surface area contributed by atoms with Crippen molar-refractivity contribution in [3.05, 3.63) is 28.7 Å². The Balaban J connectivity index is 2.34. The van der Waals surface area contributed by atoms with E-state index in [-0.39, 0.29) is 12.0 Å². The molecule has 2 rings (SSSR count). The van der Waals surface area contributed by atoms with Crippen LogP contribution in [0.3, 0.4) is 0 Å². The minimum absolute atomic E-state index is 0.0181. The number of aromatic nitrogens is 3. The van der Waals surface area contributed by atoms with Crippen LogP contribution in [0.25, 0.3) is 11.5 Å². The van der Waals surface area contributed by atoms with E-state index in [1.54, 1.807) is 6.20 Å². The molecule has 2 aromatic rings. The summed E-state index contributed by atoms with van der Waals surface area (Å²) in [7, 11) is 0. The van der Waals surface area contributed by atoms with Crippen molar-refractivity contribution in [2.45, 2.75) is 32.2 Å². The maximum atomic E-state index is 5.90. The van der Waals surface area contributed by atoms with E-state index in [1.165, 1.54) is 0 Å². The lowest BCUT2D eigenvalue weighted by atomic mass is 9.99. The van der Waals surface area contributed by atoms with Crippen LogP contribution in [0.5, 0.6) is 0 Å². The van der Waals surface area contributed by atoms with Crippen LogP contribution >= 0.6 is 15.9 Å². The standard InChI is InChI=1S/C12H15BrN4O/c1-3-8(7(2)14)12-16-11(17-18-12)10-9(13)5-4-6-15-10/h4-8H,3,14H2,1-2H3. The van der Waals surface area contributed by atoms with Gasteiger partial charge >= 0.3 is 0 Å². The molecule has 0 radical (unpaired) electrons. The summed E-state index contributed by atoms with van der Waals surface area (Å²) in [5.74, 6) is 1.13. The van der Waals surface area contributed by atoms with Gasteiger partial charge in [-0.3, -0.25) is 4.98 Å². The summed E-state index contributed by atoms with van der Waals surface area (Å²) in [6.45, 7) is 3.99. The van der Waals surface area contributed by atoms with Gasteiger partial charge in [0.1, 0.15) is 5.69 Å². The third kappa shape index (κ3) is 2.59. The summed E-state index contributed by atoms with van der Waals surface area (Å²) in [6, 6.07) is 3.71. The van der Waals surface area contributed by atoms with Crippen LogP contribution in [-0.4, -0.2) is 21.2 Å². The maximum Gasteiger partial charge on any atom is 0.231 e. The molecule has 0 aliphatic rings. The fourth-order valence-corrected chi connectivity index (χ4v) is 2.24. The van der Waals surface area contributed by atoms with E-state index in [1.807, 2.05) is 19.1 Å². The number of nitrogens with two attached hydrogens (primary N) is 1. The lowest BCUT2D eigenvalue weighted by molar-refractivity contribution is 0.334. The number of hydrogen-bond donors (Lipinski definition) is 1. The summed E-state index contributed by atoms with van der Waals surface area (Å²) in [4.78, 5) is 8.61. The van der Waals surface area contributed by atoms with Crippen molar-refractivity contribution in [3.8, 4) is 11.5 Å². The summed E-state index contributed by atoms with van der Waals surface area (Å²) in [5, 5.41) is 3.96. The van der Waals surface area contributed by atoms with Crippen LogP contribution in [0.1, 0.15) is 32.1 Å². The van der Waals surface area contributed by atoms with Crippen molar-refractivity contribution < 1.29 is 4.52 Å². The van der Waals surface area contributed by atoms with E-state index < -0.39 is 0 Å². The second-order valence-corrected chi connectivity index (χ2v) is 5.02. The molecule has 18 heavy (non-hydrogen) atoms. The number of hydrogen-bond acceptors (Lipinski definition) is 5. The minimum atomic E-state index is -0.0181. The van der Waals surface area contributed by atoms with Crippen LogP contribution in [0.4, 0.5) is 0 Å². The first kappa shape index (κ1) is 13.2. The molecule has 2 heterocycles. The van der Waals surface area contributed by atoms with Crippen LogP contribution in [-0.2, 0) is 0 Å². The predicted molar refractivity (Wildman–Crippen MR) is 71.9 cm³/mol. The van der Waals surface area contributed by atoms with Gasteiger partial charge in [0.05, 0.1) is 5.92 Å². The monoisotopic (exact) mass is 310 g/mol. The van der Waals surface area contributed by atoms with Gasteiger partial charge in [-0.25, -0.2) is 0 Å². The van der Waals surface area contributed by atoms with Crippen molar-refractivity contribution in [2.24, 2.45) is 5.73 Å². The third-order valence-electron chi connectivity index (χ3n) is 2.80. The van der Waals surface area contributed by atoms with Crippen molar-refractivity contribution in [1.82, 2.24) is 15.1 Å². The molecule has 96 valence electrons. The molecule has 0 saturated carbocycles. The van der Waals surface area contributed by atoms with Crippen LogP contribution in [0.2, 0.25) is 0 Å². The smallest absolute Gasteiger partial charge is 0.231 e. The first-order chi connectivity index (χ1) is 8.63. The zero-order valence-corrected chi connectivity index (χ0v) is 11.9. The van der Waals surface area contributed by atoms with Gasteiger partial charge in [0.15, 0.2) is 0 Å². The summed E-state index contributed by atoms with van der Waals surface area (Å²) in [5.41, 5.74) is 6.58. The molecule has 0 bridgehead atoms. The molecular weight excluding hydrogens is 296 g/mol. The maximum absolute atomic E-state index is 5.90. The Hall–Kier alpha value is -1.27. The average Bonchev–Trinajstić information content (AvgIpc) is 2.79. The lowest BCUT2D eigenvalue weighted by Crippen LogP contribution is -2.24. The Kier molecular flexibility index (Phi) is 4.08. The first-order valence-corrected chi connectivity index (χ1v) is 6.62. The highest BCUT2D eigenvalue weighted by molar-refractivity contribution is 9.10. The Morgan fingerprint density at radius 1 is 1.50 bits per heavy atom. The van der Waals surface area contributed by atoms with Crippen molar-refractivity contribution in [1.29, 1.82) is 0 Å². The van der Waals surface area contributed by atoms with Crippen LogP contribution in [0, 0.1) is 0 Å². The van der Waals surface area contributed by atoms with Gasteiger partial charge in [0.2, 0.25) is 11.7 Å². The van der Waals surface area contributed by atoms with Gasteiger partial charge in [0, 0.05) is 16.7 Å². The molecule has 0 fully saturated rings. The molecule has 2 atom stereocenters. The Morgan fingerprint density at radius 3 is 2.89 bits per heavy atom. The first-order valence-electron chi connectivity index (χ1n) is 5.83. The van der Waals surface area contributed by atoms with E-state index in [2.05, 4.69) is 38.0 Å². The zero-order chi connectivity index (χ0) is 13.1. The van der Waals surface area contributed by atoms with E-state index in [4.69, 9.17) is 10.3 Å². The summed E-state index contributed by atoms with van der Waals surface area (Å²) >= 11 is 3.42. The Morgan fingerprint density at radius 2 is 2.28 bits per heavy atom. The fourth-order valence-electron chi connectivity index (χ4n) is 1.80. The highest BCUT2D eigenvalue weighted by Gasteiger charge is 2.22. The molecule has 0 amide bonds. The molecule has 0 aromatic carbocycles. The molecule has 0 spiro atoms. The van der Waals surface area contributed by atoms with Crippen molar-refractivity contribution in [3.63, 3.8) is 0 Å². The SMILES string of the molecule is CCC(c1nc(-c2ncccc2Br)no1)C(C)N. The molecule has 2 unspecified atom stereocenters. The van der Waals surface area contributed by atoms with Crippen LogP contribution < -0.4 is 5.73 Å². The minimum Gasteiger partial charge on any atom is -0.339 e. The molecule has 6 heteroatoms. The molecule has 2 N–H and O–H groups in total.